The van der Waals surface area contributed by atoms with Gasteiger partial charge in [0.1, 0.15) is 5.44 Å². The molecule has 0 heterocycles. The molecular formula is C6H11O3S-. The van der Waals surface area contributed by atoms with E-state index in [2.05, 4.69) is 0 Å². The number of carboxylic acid groups (broad SMARTS) is 1. The maximum atomic E-state index is 10.00. The first kappa shape index (κ1) is 9.78. The molecule has 0 aliphatic heterocycles. The van der Waals surface area contributed by atoms with Crippen LogP contribution in [0.4, 0.5) is 0 Å². The molecule has 0 rings (SSSR count). The van der Waals surface area contributed by atoms with E-state index in [1.807, 2.05) is 20.8 Å². The number of rotatable bonds is 2. The highest BCUT2D eigenvalue weighted by atomic mass is 32.2. The minimum Gasteiger partial charge on any atom is -0.546 e. The number of aliphatic hydroxyl groups is 1. The Bertz CT molecular complexity index is 127. The fraction of sp³-hybridized carbons (Fsp3) is 0.833. The SMILES string of the molecule is CC(C)(C)SC(O)C(=O)[O-]. The molecule has 0 saturated carbocycles. The molecule has 60 valence electrons. The minimum atomic E-state index is -1.43. The number of hydrogen-bond acceptors (Lipinski definition) is 4. The van der Waals surface area contributed by atoms with Crippen molar-refractivity contribution in [3.8, 4) is 0 Å². The molecule has 0 fully saturated rings. The summed E-state index contributed by atoms with van der Waals surface area (Å²) in [5.74, 6) is -1.43. The highest BCUT2D eigenvalue weighted by Crippen LogP contribution is 2.26. The van der Waals surface area contributed by atoms with Crippen molar-refractivity contribution >= 4 is 17.7 Å². The van der Waals surface area contributed by atoms with E-state index >= 15 is 0 Å². The van der Waals surface area contributed by atoms with E-state index < -0.39 is 11.4 Å². The highest BCUT2D eigenvalue weighted by Gasteiger charge is 2.17. The second kappa shape index (κ2) is 3.25. The van der Waals surface area contributed by atoms with Crippen LogP contribution in [0.2, 0.25) is 0 Å². The van der Waals surface area contributed by atoms with Crippen LogP contribution in [0.5, 0.6) is 0 Å². The Hall–Kier alpha value is -0.220. The quantitative estimate of drug-likeness (QED) is 0.562. The van der Waals surface area contributed by atoms with E-state index in [0.717, 1.165) is 11.8 Å². The van der Waals surface area contributed by atoms with Gasteiger partial charge in [-0.2, -0.15) is 0 Å². The monoisotopic (exact) mass is 163 g/mol. The lowest BCUT2D eigenvalue weighted by atomic mass is 10.3. The predicted octanol–water partition coefficient (Wildman–Crippen LogP) is -0.414. The maximum absolute atomic E-state index is 10.00. The Labute approximate surface area is 64.4 Å². The van der Waals surface area contributed by atoms with Crippen molar-refractivity contribution in [2.75, 3.05) is 0 Å². The zero-order chi connectivity index (χ0) is 8.36. The molecule has 0 aromatic heterocycles. The topological polar surface area (TPSA) is 60.4 Å². The van der Waals surface area contributed by atoms with Crippen LogP contribution < -0.4 is 5.11 Å². The van der Waals surface area contributed by atoms with Crippen LogP contribution in [-0.4, -0.2) is 21.3 Å². The van der Waals surface area contributed by atoms with Crippen molar-refractivity contribution in [1.82, 2.24) is 0 Å². The zero-order valence-corrected chi connectivity index (χ0v) is 7.07. The van der Waals surface area contributed by atoms with Crippen molar-refractivity contribution in [2.45, 2.75) is 31.0 Å². The van der Waals surface area contributed by atoms with Gasteiger partial charge in [0.25, 0.3) is 0 Å². The number of aliphatic hydroxyl groups excluding tert-OH is 1. The fourth-order valence-corrected chi connectivity index (χ4v) is 1.15. The summed E-state index contributed by atoms with van der Waals surface area (Å²) in [4.78, 5) is 10.00. The molecule has 1 atom stereocenters. The Morgan fingerprint density at radius 1 is 1.60 bits per heavy atom. The minimum absolute atomic E-state index is 0.251. The summed E-state index contributed by atoms with van der Waals surface area (Å²) in [6, 6.07) is 0. The standard InChI is InChI=1S/C6H12O3S/c1-6(2,3)10-5(9)4(7)8/h5,9H,1-3H3,(H,7,8)/p-1. The molecule has 0 saturated heterocycles. The van der Waals surface area contributed by atoms with Crippen molar-refractivity contribution in [3.05, 3.63) is 0 Å². The van der Waals surface area contributed by atoms with Crippen molar-refractivity contribution in [3.63, 3.8) is 0 Å². The van der Waals surface area contributed by atoms with Gasteiger partial charge in [-0.15, -0.1) is 11.8 Å². The van der Waals surface area contributed by atoms with Crippen molar-refractivity contribution < 1.29 is 15.0 Å². The summed E-state index contributed by atoms with van der Waals surface area (Å²) < 4.78 is -0.251. The van der Waals surface area contributed by atoms with Crippen LogP contribution in [0, 0.1) is 0 Å². The van der Waals surface area contributed by atoms with Gasteiger partial charge in [0, 0.05) is 4.75 Å². The van der Waals surface area contributed by atoms with Gasteiger partial charge in [-0.3, -0.25) is 0 Å². The van der Waals surface area contributed by atoms with Crippen LogP contribution in [0.1, 0.15) is 20.8 Å². The highest BCUT2D eigenvalue weighted by molar-refractivity contribution is 8.01. The lowest BCUT2D eigenvalue weighted by Gasteiger charge is -2.22. The first-order valence-electron chi connectivity index (χ1n) is 2.89. The van der Waals surface area contributed by atoms with Crippen LogP contribution in [-0.2, 0) is 4.79 Å². The number of carbonyl (C=O) groups excluding carboxylic acids is 1. The lowest BCUT2D eigenvalue weighted by molar-refractivity contribution is -0.310. The smallest absolute Gasteiger partial charge is 0.139 e. The lowest BCUT2D eigenvalue weighted by Crippen LogP contribution is -2.35. The summed E-state index contributed by atoms with van der Waals surface area (Å²) in [7, 11) is 0. The van der Waals surface area contributed by atoms with E-state index in [0.29, 0.717) is 0 Å². The molecule has 0 amide bonds. The summed E-state index contributed by atoms with van der Waals surface area (Å²) >= 11 is 0.958. The Balaban J connectivity index is 3.80. The average molecular weight is 163 g/mol. The van der Waals surface area contributed by atoms with Crippen molar-refractivity contribution in [2.24, 2.45) is 0 Å². The first-order chi connectivity index (χ1) is 4.33. The molecule has 0 aliphatic rings. The number of hydrogen-bond donors (Lipinski definition) is 1. The van der Waals surface area contributed by atoms with E-state index in [1.165, 1.54) is 0 Å². The van der Waals surface area contributed by atoms with Gasteiger partial charge in [0.2, 0.25) is 0 Å². The molecule has 0 spiro atoms. The van der Waals surface area contributed by atoms with Gasteiger partial charge in [-0.1, -0.05) is 20.8 Å². The molecule has 4 heteroatoms. The molecule has 10 heavy (non-hydrogen) atoms. The van der Waals surface area contributed by atoms with Crippen LogP contribution in [0.15, 0.2) is 0 Å². The van der Waals surface area contributed by atoms with E-state index in [9.17, 15) is 9.90 Å². The maximum Gasteiger partial charge on any atom is 0.139 e. The Morgan fingerprint density at radius 2 is 2.00 bits per heavy atom. The van der Waals surface area contributed by atoms with E-state index in [-0.39, 0.29) is 4.75 Å². The third-order valence-corrected chi connectivity index (χ3v) is 1.79. The zero-order valence-electron chi connectivity index (χ0n) is 6.25. The molecule has 1 unspecified atom stereocenters. The molecule has 0 aliphatic carbocycles. The predicted molar refractivity (Wildman–Crippen MR) is 38.4 cm³/mol. The second-order valence-electron chi connectivity index (χ2n) is 2.90. The summed E-state index contributed by atoms with van der Waals surface area (Å²) in [6.07, 6.45) is 0. The van der Waals surface area contributed by atoms with Gasteiger partial charge >= 0.3 is 0 Å². The molecule has 0 aromatic rings. The fourth-order valence-electron chi connectivity index (χ4n) is 0.383. The Morgan fingerprint density at radius 3 is 2.10 bits per heavy atom. The van der Waals surface area contributed by atoms with E-state index in [4.69, 9.17) is 5.11 Å². The van der Waals surface area contributed by atoms with Gasteiger partial charge in [0.15, 0.2) is 0 Å². The summed E-state index contributed by atoms with van der Waals surface area (Å²) in [5.41, 5.74) is -1.42. The first-order valence-corrected chi connectivity index (χ1v) is 3.77. The van der Waals surface area contributed by atoms with Gasteiger partial charge < -0.3 is 15.0 Å². The molecule has 0 radical (unpaired) electrons. The number of carboxylic acids is 1. The third kappa shape index (κ3) is 4.64. The van der Waals surface area contributed by atoms with Gasteiger partial charge in [0.05, 0.1) is 5.97 Å². The van der Waals surface area contributed by atoms with Crippen LogP contribution in [0.25, 0.3) is 0 Å². The van der Waals surface area contributed by atoms with Crippen LogP contribution in [0.3, 0.4) is 0 Å². The average Bonchev–Trinajstić information content (AvgIpc) is 1.60. The Kier molecular flexibility index (Phi) is 3.18. The van der Waals surface area contributed by atoms with Gasteiger partial charge in [-0.05, 0) is 0 Å². The largest absolute Gasteiger partial charge is 0.546 e. The van der Waals surface area contributed by atoms with E-state index in [1.54, 1.807) is 0 Å². The number of carbonyl (C=O) groups is 1. The summed E-state index contributed by atoms with van der Waals surface area (Å²) in [6.45, 7) is 5.47. The summed E-state index contributed by atoms with van der Waals surface area (Å²) in [5, 5.41) is 18.8. The normalized spacial score (nSPS) is 14.8. The molecular weight excluding hydrogens is 152 g/mol. The molecule has 1 N–H and O–H groups in total. The molecule has 0 bridgehead atoms. The molecule has 0 aromatic carbocycles. The molecule has 3 nitrogen and oxygen atoms in total. The second-order valence-corrected chi connectivity index (χ2v) is 4.81. The number of thioether (sulfide) groups is 1. The van der Waals surface area contributed by atoms with Crippen molar-refractivity contribution in [1.29, 1.82) is 0 Å². The van der Waals surface area contributed by atoms with Crippen LogP contribution >= 0.6 is 11.8 Å². The third-order valence-electron chi connectivity index (χ3n) is 0.667. The van der Waals surface area contributed by atoms with Gasteiger partial charge in [-0.25, -0.2) is 0 Å². The number of aliphatic carboxylic acids is 1.